The first-order valence-corrected chi connectivity index (χ1v) is 10.7. The summed E-state index contributed by atoms with van der Waals surface area (Å²) in [5.41, 5.74) is 4.16. The lowest BCUT2D eigenvalue weighted by atomic mass is 10.1. The van der Waals surface area contributed by atoms with Crippen molar-refractivity contribution in [2.24, 2.45) is 0 Å². The number of fused-ring (bicyclic) bond motifs is 1. The van der Waals surface area contributed by atoms with Gasteiger partial charge in [0.1, 0.15) is 10.7 Å². The summed E-state index contributed by atoms with van der Waals surface area (Å²) >= 11 is 1.49. The molecule has 4 nitrogen and oxygen atoms in total. The minimum absolute atomic E-state index is 0.0775. The van der Waals surface area contributed by atoms with E-state index in [0.717, 1.165) is 27.1 Å². The summed E-state index contributed by atoms with van der Waals surface area (Å²) in [7, 11) is 0. The molecule has 31 heavy (non-hydrogen) atoms. The van der Waals surface area contributed by atoms with Crippen molar-refractivity contribution in [1.29, 1.82) is 5.26 Å². The van der Waals surface area contributed by atoms with Crippen molar-refractivity contribution in [2.45, 2.75) is 6.54 Å². The lowest BCUT2D eigenvalue weighted by Crippen LogP contribution is -2.24. The second kappa shape index (κ2) is 8.02. The van der Waals surface area contributed by atoms with Gasteiger partial charge in [-0.15, -0.1) is 11.3 Å². The van der Waals surface area contributed by atoms with Gasteiger partial charge in [-0.2, -0.15) is 5.26 Å². The number of thiophene rings is 1. The standard InChI is InChI=1S/C26H17N3OS/c27-15-18-8-7-9-19(14-18)16-29-24(21-12-5-2-6-13-21)28-25-23(26(29)30)22(17-31-25)20-10-3-1-4-11-20/h1-14,17H,16H2. The minimum atomic E-state index is -0.0775. The highest BCUT2D eigenvalue weighted by atomic mass is 32.1. The lowest BCUT2D eigenvalue weighted by Gasteiger charge is -2.13. The normalized spacial score (nSPS) is 10.8. The van der Waals surface area contributed by atoms with E-state index in [-0.39, 0.29) is 5.56 Å². The Labute approximate surface area is 183 Å². The first-order chi connectivity index (χ1) is 15.2. The van der Waals surface area contributed by atoms with Crippen molar-refractivity contribution in [1.82, 2.24) is 9.55 Å². The van der Waals surface area contributed by atoms with Gasteiger partial charge in [-0.05, 0) is 23.3 Å². The SMILES string of the molecule is N#Cc1cccc(Cn2c(-c3ccccc3)nc3scc(-c4ccccc4)c3c2=O)c1. The summed E-state index contributed by atoms with van der Waals surface area (Å²) in [6.45, 7) is 0.339. The maximum absolute atomic E-state index is 13.8. The third-order valence-corrected chi connectivity index (χ3v) is 6.08. The van der Waals surface area contributed by atoms with E-state index in [1.807, 2.05) is 84.2 Å². The van der Waals surface area contributed by atoms with E-state index in [1.54, 1.807) is 10.6 Å². The van der Waals surface area contributed by atoms with E-state index in [0.29, 0.717) is 23.3 Å². The number of aromatic nitrogens is 2. The van der Waals surface area contributed by atoms with E-state index in [2.05, 4.69) is 6.07 Å². The van der Waals surface area contributed by atoms with E-state index in [4.69, 9.17) is 4.98 Å². The second-order valence-electron chi connectivity index (χ2n) is 7.20. The fraction of sp³-hybridized carbons (Fsp3) is 0.0385. The Hall–Kier alpha value is -4.01. The minimum Gasteiger partial charge on any atom is -0.288 e. The molecule has 0 aliphatic heterocycles. The van der Waals surface area contributed by atoms with Crippen molar-refractivity contribution in [2.75, 3.05) is 0 Å². The van der Waals surface area contributed by atoms with Gasteiger partial charge in [0.2, 0.25) is 0 Å². The Morgan fingerprint density at radius 1 is 0.903 bits per heavy atom. The molecule has 5 aromatic rings. The van der Waals surface area contributed by atoms with Crippen molar-refractivity contribution >= 4 is 21.6 Å². The van der Waals surface area contributed by atoms with Crippen LogP contribution in [0.4, 0.5) is 0 Å². The van der Waals surface area contributed by atoms with Crippen molar-refractivity contribution in [3.05, 3.63) is 112 Å². The topological polar surface area (TPSA) is 58.7 Å². The first-order valence-electron chi connectivity index (χ1n) is 9.86. The number of nitrogens with zero attached hydrogens (tertiary/aromatic N) is 3. The highest BCUT2D eigenvalue weighted by molar-refractivity contribution is 7.17. The van der Waals surface area contributed by atoms with Crippen LogP contribution in [0.2, 0.25) is 0 Å². The molecule has 0 amide bonds. The molecular weight excluding hydrogens is 402 g/mol. The largest absolute Gasteiger partial charge is 0.288 e. The molecule has 3 aromatic carbocycles. The molecule has 0 saturated heterocycles. The summed E-state index contributed by atoms with van der Waals surface area (Å²) in [5.74, 6) is 0.627. The highest BCUT2D eigenvalue weighted by Gasteiger charge is 2.18. The average Bonchev–Trinajstić information content (AvgIpc) is 3.26. The number of hydrogen-bond acceptors (Lipinski definition) is 4. The van der Waals surface area contributed by atoms with Crippen molar-refractivity contribution in [3.8, 4) is 28.6 Å². The molecule has 5 heteroatoms. The molecule has 0 saturated carbocycles. The van der Waals surface area contributed by atoms with Gasteiger partial charge in [-0.1, -0.05) is 72.8 Å². The van der Waals surface area contributed by atoms with Crippen molar-refractivity contribution in [3.63, 3.8) is 0 Å². The molecular formula is C26H17N3OS. The zero-order valence-corrected chi connectivity index (χ0v) is 17.3. The monoisotopic (exact) mass is 419 g/mol. The van der Waals surface area contributed by atoms with Gasteiger partial charge in [-0.3, -0.25) is 9.36 Å². The molecule has 0 radical (unpaired) electrons. The maximum atomic E-state index is 13.8. The number of nitriles is 1. The molecule has 5 rings (SSSR count). The Bertz CT molecular complexity index is 1480. The smallest absolute Gasteiger partial charge is 0.263 e. The van der Waals surface area contributed by atoms with E-state index >= 15 is 0 Å². The summed E-state index contributed by atoms with van der Waals surface area (Å²) < 4.78 is 1.72. The second-order valence-corrected chi connectivity index (χ2v) is 8.06. The van der Waals surface area contributed by atoms with Gasteiger partial charge in [-0.25, -0.2) is 4.98 Å². The summed E-state index contributed by atoms with van der Waals surface area (Å²) in [6, 6.07) is 29.2. The van der Waals surface area contributed by atoms with Crippen LogP contribution in [-0.2, 0) is 6.54 Å². The molecule has 0 aliphatic rings. The molecule has 148 valence electrons. The fourth-order valence-corrected chi connectivity index (χ4v) is 4.67. The van der Waals surface area contributed by atoms with Crippen molar-refractivity contribution < 1.29 is 0 Å². The van der Waals surface area contributed by atoms with Crippen LogP contribution in [0.25, 0.3) is 32.7 Å². The lowest BCUT2D eigenvalue weighted by molar-refractivity contribution is 0.760. The molecule has 0 N–H and O–H groups in total. The van der Waals surface area contributed by atoms with E-state index in [9.17, 15) is 10.1 Å². The number of benzene rings is 3. The molecule has 0 atom stereocenters. The van der Waals surface area contributed by atoms with Gasteiger partial charge >= 0.3 is 0 Å². The first kappa shape index (κ1) is 19.0. The van der Waals surface area contributed by atoms with Gasteiger partial charge < -0.3 is 0 Å². The Morgan fingerprint density at radius 2 is 1.61 bits per heavy atom. The van der Waals surface area contributed by atoms with Crippen LogP contribution in [0, 0.1) is 11.3 Å². The molecule has 0 bridgehead atoms. The van der Waals surface area contributed by atoms with Crippen LogP contribution in [-0.4, -0.2) is 9.55 Å². The van der Waals surface area contributed by atoms with Crippen LogP contribution in [0.15, 0.2) is 95.1 Å². The zero-order valence-electron chi connectivity index (χ0n) is 16.5. The molecule has 0 spiro atoms. The third-order valence-electron chi connectivity index (χ3n) is 5.21. The Balaban J connectivity index is 1.77. The molecule has 2 heterocycles. The van der Waals surface area contributed by atoms with Gasteiger partial charge in [0.15, 0.2) is 0 Å². The van der Waals surface area contributed by atoms with Gasteiger partial charge in [0.05, 0.1) is 23.6 Å². The molecule has 0 unspecified atom stereocenters. The van der Waals surface area contributed by atoms with Gasteiger partial charge in [0.25, 0.3) is 5.56 Å². The zero-order chi connectivity index (χ0) is 21.2. The average molecular weight is 420 g/mol. The van der Waals surface area contributed by atoms with E-state index < -0.39 is 0 Å². The predicted molar refractivity (Wildman–Crippen MR) is 125 cm³/mol. The van der Waals surface area contributed by atoms with Crippen LogP contribution < -0.4 is 5.56 Å². The quantitative estimate of drug-likeness (QED) is 0.375. The molecule has 0 fully saturated rings. The Morgan fingerprint density at radius 3 is 2.32 bits per heavy atom. The Kier molecular flexibility index (Phi) is 4.91. The maximum Gasteiger partial charge on any atom is 0.263 e. The molecule has 2 aromatic heterocycles. The summed E-state index contributed by atoms with van der Waals surface area (Å²) in [6.07, 6.45) is 0. The fourth-order valence-electron chi connectivity index (χ4n) is 3.73. The summed E-state index contributed by atoms with van der Waals surface area (Å²) in [4.78, 5) is 19.4. The molecule has 0 aliphatic carbocycles. The van der Waals surface area contributed by atoms with Crippen LogP contribution >= 0.6 is 11.3 Å². The van der Waals surface area contributed by atoms with Crippen LogP contribution in [0.5, 0.6) is 0 Å². The number of hydrogen-bond donors (Lipinski definition) is 0. The third kappa shape index (κ3) is 3.54. The predicted octanol–water partition coefficient (Wildman–Crippen LogP) is 5.71. The highest BCUT2D eigenvalue weighted by Crippen LogP contribution is 2.32. The van der Waals surface area contributed by atoms with Gasteiger partial charge in [0, 0.05) is 16.5 Å². The van der Waals surface area contributed by atoms with Crippen LogP contribution in [0.3, 0.4) is 0 Å². The van der Waals surface area contributed by atoms with E-state index in [1.165, 1.54) is 11.3 Å². The van der Waals surface area contributed by atoms with Crippen LogP contribution in [0.1, 0.15) is 11.1 Å². The summed E-state index contributed by atoms with van der Waals surface area (Å²) in [5, 5.41) is 11.9. The number of rotatable bonds is 4.